The lowest BCUT2D eigenvalue weighted by Crippen LogP contribution is -2.12. The Balaban J connectivity index is 2.61. The topological polar surface area (TPSA) is 88.0 Å². The summed E-state index contributed by atoms with van der Waals surface area (Å²) in [4.78, 5) is 18.9. The van der Waals surface area contributed by atoms with Crippen molar-refractivity contribution in [2.45, 2.75) is 12.8 Å². The van der Waals surface area contributed by atoms with Gasteiger partial charge in [0.05, 0.1) is 31.2 Å². The summed E-state index contributed by atoms with van der Waals surface area (Å²) in [6.07, 6.45) is 0.720. The maximum absolute atomic E-state index is 12.0. The highest BCUT2D eigenvalue weighted by Crippen LogP contribution is 2.29. The van der Waals surface area contributed by atoms with Crippen LogP contribution >= 0.6 is 0 Å². The fourth-order valence-electron chi connectivity index (χ4n) is 1.81. The summed E-state index contributed by atoms with van der Waals surface area (Å²) in [5, 5.41) is 8.98. The highest BCUT2D eigenvalue weighted by molar-refractivity contribution is 5.81. The van der Waals surface area contributed by atoms with Gasteiger partial charge in [0.25, 0.3) is 5.56 Å². The summed E-state index contributed by atoms with van der Waals surface area (Å²) < 4.78 is 10.3. The number of nitrogens with zero attached hydrogens (tertiary/aromatic N) is 2. The van der Waals surface area contributed by atoms with Crippen LogP contribution in [0.15, 0.2) is 16.9 Å². The Bertz CT molecular complexity index is 701. The number of nitrogens with one attached hydrogen (secondary N) is 1. The number of H-pyrrole nitrogens is 1. The molecule has 0 aliphatic rings. The number of aromatic amines is 1. The van der Waals surface area contributed by atoms with Gasteiger partial charge in [0, 0.05) is 18.9 Å². The molecule has 0 fully saturated rings. The summed E-state index contributed by atoms with van der Waals surface area (Å²) in [5.74, 6) is 1.48. The van der Waals surface area contributed by atoms with Gasteiger partial charge in [0.2, 0.25) is 0 Å². The molecule has 0 aliphatic carbocycles. The van der Waals surface area contributed by atoms with Gasteiger partial charge in [-0.3, -0.25) is 4.79 Å². The van der Waals surface area contributed by atoms with Gasteiger partial charge >= 0.3 is 0 Å². The zero-order valence-corrected chi connectivity index (χ0v) is 10.7. The lowest BCUT2D eigenvalue weighted by Gasteiger charge is -2.09. The number of methoxy groups -OCH3 is 2. The molecule has 0 atom stereocenters. The Kier molecular flexibility index (Phi) is 3.66. The second-order valence-electron chi connectivity index (χ2n) is 3.90. The van der Waals surface area contributed by atoms with Crippen LogP contribution in [0.5, 0.6) is 11.5 Å². The molecule has 6 heteroatoms. The molecule has 0 unspecified atom stereocenters. The van der Waals surface area contributed by atoms with Crippen molar-refractivity contribution >= 4 is 10.9 Å². The number of aryl methyl sites for hydroxylation is 1. The third-order valence-electron chi connectivity index (χ3n) is 2.73. The van der Waals surface area contributed by atoms with E-state index in [4.69, 9.17) is 14.7 Å². The number of fused-ring (bicyclic) bond motifs is 1. The predicted molar refractivity (Wildman–Crippen MR) is 69.4 cm³/mol. The van der Waals surface area contributed by atoms with E-state index >= 15 is 0 Å². The largest absolute Gasteiger partial charge is 0.493 e. The van der Waals surface area contributed by atoms with Crippen molar-refractivity contribution < 1.29 is 9.47 Å². The molecule has 0 spiro atoms. The molecule has 0 amide bonds. The van der Waals surface area contributed by atoms with Crippen LogP contribution in [-0.4, -0.2) is 24.2 Å². The number of ether oxygens (including phenoxy) is 2. The van der Waals surface area contributed by atoms with Crippen molar-refractivity contribution in [1.82, 2.24) is 9.97 Å². The van der Waals surface area contributed by atoms with Gasteiger partial charge in [-0.05, 0) is 6.07 Å². The van der Waals surface area contributed by atoms with Crippen LogP contribution < -0.4 is 15.0 Å². The molecule has 0 saturated carbocycles. The number of hydrogen-bond donors (Lipinski definition) is 1. The molecule has 2 aromatic rings. The molecule has 1 aromatic heterocycles. The molecule has 1 heterocycles. The van der Waals surface area contributed by atoms with E-state index in [1.807, 2.05) is 6.07 Å². The Hall–Kier alpha value is -2.55. The monoisotopic (exact) mass is 259 g/mol. The average molecular weight is 259 g/mol. The minimum atomic E-state index is -0.251. The lowest BCUT2D eigenvalue weighted by molar-refractivity contribution is 0.355. The number of nitriles is 1. The zero-order valence-electron chi connectivity index (χ0n) is 10.7. The summed E-state index contributed by atoms with van der Waals surface area (Å²) in [5.41, 5.74) is 0.272. The quantitative estimate of drug-likeness (QED) is 0.896. The Morgan fingerprint density at radius 3 is 2.63 bits per heavy atom. The maximum atomic E-state index is 12.0. The number of rotatable bonds is 4. The average Bonchev–Trinajstić information content (AvgIpc) is 2.43. The first kappa shape index (κ1) is 12.9. The first-order valence-corrected chi connectivity index (χ1v) is 5.71. The van der Waals surface area contributed by atoms with Crippen LogP contribution in [0.2, 0.25) is 0 Å². The van der Waals surface area contributed by atoms with Gasteiger partial charge in [0.15, 0.2) is 11.5 Å². The van der Waals surface area contributed by atoms with E-state index in [2.05, 4.69) is 9.97 Å². The summed E-state index contributed by atoms with van der Waals surface area (Å²) in [6, 6.07) is 5.26. The van der Waals surface area contributed by atoms with Gasteiger partial charge < -0.3 is 14.5 Å². The van der Waals surface area contributed by atoms with E-state index in [-0.39, 0.29) is 5.56 Å². The number of aromatic nitrogens is 2. The Morgan fingerprint density at radius 2 is 2.00 bits per heavy atom. The molecular formula is C13H13N3O3. The molecule has 0 radical (unpaired) electrons. The van der Waals surface area contributed by atoms with Gasteiger partial charge in [-0.15, -0.1) is 0 Å². The third kappa shape index (κ3) is 2.50. The molecule has 0 saturated heterocycles. The highest BCUT2D eigenvalue weighted by Gasteiger charge is 2.10. The lowest BCUT2D eigenvalue weighted by atomic mass is 10.2. The molecule has 0 bridgehead atoms. The van der Waals surface area contributed by atoms with Crippen molar-refractivity contribution in [3.05, 3.63) is 28.3 Å². The molecule has 1 N–H and O–H groups in total. The van der Waals surface area contributed by atoms with E-state index in [9.17, 15) is 4.79 Å². The molecule has 19 heavy (non-hydrogen) atoms. The molecule has 1 aromatic carbocycles. The van der Waals surface area contributed by atoms with E-state index < -0.39 is 0 Å². The molecule has 6 nitrogen and oxygen atoms in total. The van der Waals surface area contributed by atoms with Crippen molar-refractivity contribution in [2.24, 2.45) is 0 Å². The van der Waals surface area contributed by atoms with Crippen LogP contribution in [0, 0.1) is 11.3 Å². The SMILES string of the molecule is COc1cc2nc(CCC#N)[nH]c(=O)c2cc1OC. The van der Waals surface area contributed by atoms with Crippen molar-refractivity contribution in [3.8, 4) is 17.6 Å². The Morgan fingerprint density at radius 1 is 1.32 bits per heavy atom. The van der Waals surface area contributed by atoms with Gasteiger partial charge in [-0.2, -0.15) is 5.26 Å². The van der Waals surface area contributed by atoms with Crippen LogP contribution in [-0.2, 0) is 6.42 Å². The predicted octanol–water partition coefficient (Wildman–Crippen LogP) is 1.40. The van der Waals surface area contributed by atoms with Crippen molar-refractivity contribution in [3.63, 3.8) is 0 Å². The van der Waals surface area contributed by atoms with E-state index in [0.717, 1.165) is 0 Å². The van der Waals surface area contributed by atoms with Crippen molar-refractivity contribution in [1.29, 1.82) is 5.26 Å². The molecule has 2 rings (SSSR count). The first-order valence-electron chi connectivity index (χ1n) is 5.71. The van der Waals surface area contributed by atoms with E-state index in [1.54, 1.807) is 12.1 Å². The third-order valence-corrected chi connectivity index (χ3v) is 2.73. The van der Waals surface area contributed by atoms with E-state index in [0.29, 0.717) is 41.1 Å². The fraction of sp³-hybridized carbons (Fsp3) is 0.308. The minimum absolute atomic E-state index is 0.251. The standard InChI is InChI=1S/C13H13N3O3/c1-18-10-6-8-9(7-11(10)19-2)15-12(4-3-5-14)16-13(8)17/h6-7H,3-4H2,1-2H3,(H,15,16,17). The second-order valence-corrected chi connectivity index (χ2v) is 3.90. The minimum Gasteiger partial charge on any atom is -0.493 e. The second kappa shape index (κ2) is 5.40. The first-order chi connectivity index (χ1) is 9.19. The van der Waals surface area contributed by atoms with Crippen LogP contribution in [0.1, 0.15) is 12.2 Å². The molecule has 0 aliphatic heterocycles. The summed E-state index contributed by atoms with van der Waals surface area (Å²) in [7, 11) is 3.03. The summed E-state index contributed by atoms with van der Waals surface area (Å²) in [6.45, 7) is 0. The zero-order chi connectivity index (χ0) is 13.8. The van der Waals surface area contributed by atoms with Gasteiger partial charge in [-0.25, -0.2) is 4.98 Å². The van der Waals surface area contributed by atoms with Crippen molar-refractivity contribution in [2.75, 3.05) is 14.2 Å². The molecular weight excluding hydrogens is 246 g/mol. The smallest absolute Gasteiger partial charge is 0.258 e. The molecule has 98 valence electrons. The van der Waals surface area contributed by atoms with Gasteiger partial charge in [-0.1, -0.05) is 0 Å². The Labute approximate surface area is 109 Å². The number of benzene rings is 1. The normalized spacial score (nSPS) is 10.2. The van der Waals surface area contributed by atoms with Crippen LogP contribution in [0.25, 0.3) is 10.9 Å². The maximum Gasteiger partial charge on any atom is 0.258 e. The summed E-state index contributed by atoms with van der Waals surface area (Å²) >= 11 is 0. The van der Waals surface area contributed by atoms with Crippen LogP contribution in [0.3, 0.4) is 0 Å². The highest BCUT2D eigenvalue weighted by atomic mass is 16.5. The fourth-order valence-corrected chi connectivity index (χ4v) is 1.81. The van der Waals surface area contributed by atoms with Crippen LogP contribution in [0.4, 0.5) is 0 Å². The van der Waals surface area contributed by atoms with E-state index in [1.165, 1.54) is 14.2 Å². The van der Waals surface area contributed by atoms with Gasteiger partial charge in [0.1, 0.15) is 5.82 Å². The number of hydrogen-bond acceptors (Lipinski definition) is 5.